The van der Waals surface area contributed by atoms with Gasteiger partial charge in [-0.2, -0.15) is 0 Å². The number of hydrogen-bond acceptors (Lipinski definition) is 2. The maximum atomic E-state index is 6.43. The second-order valence-corrected chi connectivity index (χ2v) is 5.49. The van der Waals surface area contributed by atoms with Crippen molar-refractivity contribution in [1.29, 1.82) is 0 Å². The van der Waals surface area contributed by atoms with Crippen LogP contribution in [0.4, 0.5) is 11.4 Å². The predicted molar refractivity (Wildman–Crippen MR) is 87.9 cm³/mol. The van der Waals surface area contributed by atoms with Crippen molar-refractivity contribution in [2.45, 2.75) is 26.8 Å². The van der Waals surface area contributed by atoms with E-state index in [2.05, 4.69) is 43.0 Å². The van der Waals surface area contributed by atoms with Crippen molar-refractivity contribution in [2.24, 2.45) is 5.73 Å². The highest BCUT2D eigenvalue weighted by molar-refractivity contribution is 6.33. The van der Waals surface area contributed by atoms with E-state index in [1.54, 1.807) is 0 Å². The first-order valence-electron chi connectivity index (χ1n) is 6.92. The summed E-state index contributed by atoms with van der Waals surface area (Å²) in [5.41, 5.74) is 10.4. The smallest absolute Gasteiger partial charge is 0.0646 e. The maximum absolute atomic E-state index is 6.43. The van der Waals surface area contributed by atoms with Crippen LogP contribution in [0.5, 0.6) is 0 Å². The second kappa shape index (κ2) is 6.29. The van der Waals surface area contributed by atoms with Gasteiger partial charge in [-0.25, -0.2) is 0 Å². The molecule has 0 fully saturated rings. The van der Waals surface area contributed by atoms with Gasteiger partial charge in [0.2, 0.25) is 0 Å². The van der Waals surface area contributed by atoms with Gasteiger partial charge in [0.05, 0.1) is 10.7 Å². The summed E-state index contributed by atoms with van der Waals surface area (Å²) >= 11 is 6.43. The molecule has 0 aliphatic rings. The van der Waals surface area contributed by atoms with Gasteiger partial charge >= 0.3 is 0 Å². The zero-order valence-corrected chi connectivity index (χ0v) is 13.0. The molecule has 106 valence electrons. The lowest BCUT2D eigenvalue weighted by Gasteiger charge is -2.25. The van der Waals surface area contributed by atoms with E-state index in [0.717, 1.165) is 28.5 Å². The van der Waals surface area contributed by atoms with E-state index in [0.29, 0.717) is 0 Å². The van der Waals surface area contributed by atoms with Gasteiger partial charge in [0.25, 0.3) is 0 Å². The van der Waals surface area contributed by atoms with Gasteiger partial charge in [0.15, 0.2) is 0 Å². The van der Waals surface area contributed by atoms with Crippen LogP contribution >= 0.6 is 11.6 Å². The molecule has 1 atom stereocenters. The minimum absolute atomic E-state index is 0.00370. The summed E-state index contributed by atoms with van der Waals surface area (Å²) in [5, 5.41) is 0.738. The summed E-state index contributed by atoms with van der Waals surface area (Å²) in [6.07, 6.45) is 0. The lowest BCUT2D eigenvalue weighted by atomic mass is 10.1. The van der Waals surface area contributed by atoms with Crippen LogP contribution in [0.2, 0.25) is 5.02 Å². The van der Waals surface area contributed by atoms with Crippen molar-refractivity contribution in [1.82, 2.24) is 0 Å². The lowest BCUT2D eigenvalue weighted by Crippen LogP contribution is -2.16. The molecule has 0 unspecified atom stereocenters. The van der Waals surface area contributed by atoms with Crippen LogP contribution in [-0.4, -0.2) is 6.54 Å². The van der Waals surface area contributed by atoms with Crippen molar-refractivity contribution >= 4 is 23.0 Å². The van der Waals surface area contributed by atoms with Gasteiger partial charge in [-0.15, -0.1) is 0 Å². The first-order chi connectivity index (χ1) is 9.52. The molecular weight excluding hydrogens is 268 g/mol. The number of nitrogens with two attached hydrogens (primary N) is 1. The second-order valence-electron chi connectivity index (χ2n) is 5.08. The van der Waals surface area contributed by atoms with E-state index in [-0.39, 0.29) is 6.04 Å². The van der Waals surface area contributed by atoms with E-state index >= 15 is 0 Å². The largest absolute Gasteiger partial charge is 0.341 e. The molecule has 20 heavy (non-hydrogen) atoms. The Bertz CT molecular complexity index is 576. The number of rotatable bonds is 4. The highest BCUT2D eigenvalue weighted by Crippen LogP contribution is 2.33. The predicted octanol–water partition coefficient (Wildman–Crippen LogP) is 4.83. The molecule has 0 aliphatic carbocycles. The zero-order chi connectivity index (χ0) is 14.7. The molecule has 3 heteroatoms. The van der Waals surface area contributed by atoms with Crippen LogP contribution in [0.1, 0.15) is 31.0 Å². The third kappa shape index (κ3) is 3.14. The Morgan fingerprint density at radius 1 is 1.15 bits per heavy atom. The topological polar surface area (TPSA) is 29.3 Å². The molecule has 0 aromatic heterocycles. The first-order valence-corrected chi connectivity index (χ1v) is 7.30. The minimum Gasteiger partial charge on any atom is -0.341 e. The molecule has 0 aliphatic heterocycles. The standard InChI is InChI=1S/C17H21ClN2/c1-4-20(15-8-5-12(2)6-9-15)17-10-7-14(13(3)19)11-16(17)18/h5-11,13H,4,19H2,1-3H3/t13-/m1/s1. The average Bonchev–Trinajstić information content (AvgIpc) is 2.43. The SMILES string of the molecule is CCN(c1ccc(C)cc1)c1ccc([C@@H](C)N)cc1Cl. The number of halogens is 1. The van der Waals surface area contributed by atoms with Crippen molar-refractivity contribution < 1.29 is 0 Å². The Kier molecular flexibility index (Phi) is 4.69. The van der Waals surface area contributed by atoms with Crippen molar-refractivity contribution in [3.63, 3.8) is 0 Å². The van der Waals surface area contributed by atoms with Crippen molar-refractivity contribution in [3.8, 4) is 0 Å². The normalized spacial score (nSPS) is 12.2. The zero-order valence-electron chi connectivity index (χ0n) is 12.2. The molecule has 2 N–H and O–H groups in total. The first kappa shape index (κ1) is 14.9. The lowest BCUT2D eigenvalue weighted by molar-refractivity contribution is 0.818. The summed E-state index contributed by atoms with van der Waals surface area (Å²) < 4.78 is 0. The molecule has 0 saturated carbocycles. The fraction of sp³-hybridized carbons (Fsp3) is 0.294. The van der Waals surface area contributed by atoms with E-state index in [9.17, 15) is 0 Å². The summed E-state index contributed by atoms with van der Waals surface area (Å²) in [6.45, 7) is 7.03. The summed E-state index contributed by atoms with van der Waals surface area (Å²) in [4.78, 5) is 2.20. The fourth-order valence-electron chi connectivity index (χ4n) is 2.24. The molecule has 2 aromatic carbocycles. The number of nitrogens with zero attached hydrogens (tertiary/aromatic N) is 1. The van der Waals surface area contributed by atoms with Crippen LogP contribution < -0.4 is 10.6 Å². The highest BCUT2D eigenvalue weighted by atomic mass is 35.5. The minimum atomic E-state index is -0.00370. The molecule has 0 radical (unpaired) electrons. The van der Waals surface area contributed by atoms with Crippen molar-refractivity contribution in [2.75, 3.05) is 11.4 Å². The Balaban J connectivity index is 2.39. The Morgan fingerprint density at radius 3 is 2.30 bits per heavy atom. The summed E-state index contributed by atoms with van der Waals surface area (Å²) in [6, 6.07) is 14.5. The number of benzene rings is 2. The quantitative estimate of drug-likeness (QED) is 0.873. The van der Waals surface area contributed by atoms with E-state index in [4.69, 9.17) is 17.3 Å². The molecule has 0 spiro atoms. The Hall–Kier alpha value is -1.51. The van der Waals surface area contributed by atoms with Crippen LogP contribution in [0.15, 0.2) is 42.5 Å². The average molecular weight is 289 g/mol. The molecule has 0 saturated heterocycles. The Morgan fingerprint density at radius 2 is 1.80 bits per heavy atom. The molecule has 2 rings (SSSR count). The van der Waals surface area contributed by atoms with E-state index in [1.807, 2.05) is 25.1 Å². The number of hydrogen-bond donors (Lipinski definition) is 1. The van der Waals surface area contributed by atoms with Gasteiger partial charge in [0, 0.05) is 18.3 Å². The van der Waals surface area contributed by atoms with Crippen LogP contribution in [-0.2, 0) is 0 Å². The van der Waals surface area contributed by atoms with Gasteiger partial charge in [0.1, 0.15) is 0 Å². The van der Waals surface area contributed by atoms with Gasteiger partial charge in [-0.05, 0) is 50.6 Å². The molecule has 2 aromatic rings. The highest BCUT2D eigenvalue weighted by Gasteiger charge is 2.12. The Labute approximate surface area is 126 Å². The van der Waals surface area contributed by atoms with Crippen LogP contribution in [0, 0.1) is 6.92 Å². The molecule has 0 bridgehead atoms. The van der Waals surface area contributed by atoms with Gasteiger partial charge in [-0.1, -0.05) is 35.4 Å². The van der Waals surface area contributed by atoms with E-state index < -0.39 is 0 Å². The molecule has 2 nitrogen and oxygen atoms in total. The monoisotopic (exact) mass is 288 g/mol. The number of anilines is 2. The van der Waals surface area contributed by atoms with Crippen LogP contribution in [0.25, 0.3) is 0 Å². The van der Waals surface area contributed by atoms with E-state index in [1.165, 1.54) is 5.56 Å². The maximum Gasteiger partial charge on any atom is 0.0646 e. The summed E-state index contributed by atoms with van der Waals surface area (Å²) in [7, 11) is 0. The molecular formula is C17H21ClN2. The fourth-order valence-corrected chi connectivity index (χ4v) is 2.53. The summed E-state index contributed by atoms with van der Waals surface area (Å²) in [5.74, 6) is 0. The van der Waals surface area contributed by atoms with Crippen molar-refractivity contribution in [3.05, 3.63) is 58.6 Å². The molecule has 0 amide bonds. The van der Waals surface area contributed by atoms with Gasteiger partial charge < -0.3 is 10.6 Å². The van der Waals surface area contributed by atoms with Gasteiger partial charge in [-0.3, -0.25) is 0 Å². The molecule has 0 heterocycles. The van der Waals surface area contributed by atoms with Crippen LogP contribution in [0.3, 0.4) is 0 Å². The third-order valence-electron chi connectivity index (χ3n) is 3.45. The third-order valence-corrected chi connectivity index (χ3v) is 3.75. The number of aryl methyl sites for hydroxylation is 1.